The smallest absolute Gasteiger partial charge is 0.107 e. The Bertz CT molecular complexity index is 326. The van der Waals surface area contributed by atoms with Gasteiger partial charge in [0, 0.05) is 23.4 Å². The van der Waals surface area contributed by atoms with Gasteiger partial charge in [0.15, 0.2) is 0 Å². The minimum Gasteiger partial charge on any atom is -0.327 e. The summed E-state index contributed by atoms with van der Waals surface area (Å²) in [5, 5.41) is 0. The summed E-state index contributed by atoms with van der Waals surface area (Å²) in [5.41, 5.74) is 6.12. The molecule has 4 heteroatoms. The predicted molar refractivity (Wildman–Crippen MR) is 57.9 cm³/mol. The lowest BCUT2D eigenvalue weighted by Crippen LogP contribution is -1.95. The van der Waals surface area contributed by atoms with E-state index in [0.29, 0.717) is 5.75 Å². The molecule has 0 radical (unpaired) electrons. The monoisotopic (exact) mass is 212 g/mol. The van der Waals surface area contributed by atoms with Gasteiger partial charge in [0.1, 0.15) is 5.83 Å². The molecule has 0 spiro atoms. The Morgan fingerprint density at radius 2 is 2.50 bits per heavy atom. The first-order chi connectivity index (χ1) is 6.74. The highest BCUT2D eigenvalue weighted by atomic mass is 32.2. The van der Waals surface area contributed by atoms with Gasteiger partial charge in [-0.15, -0.1) is 11.8 Å². The number of thioether (sulfide) groups is 1. The highest BCUT2D eigenvalue weighted by molar-refractivity contribution is 7.99. The van der Waals surface area contributed by atoms with Crippen LogP contribution in [0.3, 0.4) is 0 Å². The van der Waals surface area contributed by atoms with Crippen LogP contribution in [-0.4, -0.2) is 17.3 Å². The van der Waals surface area contributed by atoms with Crippen molar-refractivity contribution in [3.05, 3.63) is 35.9 Å². The molecule has 0 fully saturated rings. The second-order valence-corrected chi connectivity index (χ2v) is 3.78. The van der Waals surface area contributed by atoms with Crippen LogP contribution < -0.4 is 5.73 Å². The first-order valence-electron chi connectivity index (χ1n) is 4.33. The Kier molecular flexibility index (Phi) is 4.62. The Morgan fingerprint density at radius 3 is 3.14 bits per heavy atom. The molecule has 1 aromatic rings. The number of nitrogens with zero attached hydrogens (tertiary/aromatic N) is 1. The van der Waals surface area contributed by atoms with Crippen LogP contribution in [0.4, 0.5) is 4.39 Å². The molecule has 0 aliphatic rings. The van der Waals surface area contributed by atoms with Crippen LogP contribution in [0.1, 0.15) is 5.69 Å². The average Bonchev–Trinajstić information content (AvgIpc) is 2.17. The van der Waals surface area contributed by atoms with Crippen LogP contribution in [0.25, 0.3) is 0 Å². The van der Waals surface area contributed by atoms with Crippen molar-refractivity contribution in [2.75, 3.05) is 12.3 Å². The fraction of sp³-hybridized carbons (Fsp3) is 0.300. The zero-order chi connectivity index (χ0) is 10.4. The van der Waals surface area contributed by atoms with Gasteiger partial charge in [-0.05, 0) is 25.1 Å². The maximum Gasteiger partial charge on any atom is 0.107 e. The van der Waals surface area contributed by atoms with Crippen molar-refractivity contribution in [3.63, 3.8) is 0 Å². The minimum atomic E-state index is -0.180. The van der Waals surface area contributed by atoms with Crippen molar-refractivity contribution in [3.8, 4) is 0 Å². The summed E-state index contributed by atoms with van der Waals surface area (Å²) in [7, 11) is 0. The number of nitrogens with two attached hydrogens (primary N) is 1. The highest BCUT2D eigenvalue weighted by Gasteiger charge is 2.00. The summed E-state index contributed by atoms with van der Waals surface area (Å²) in [6.45, 7) is 2.16. The number of hydrogen-bond acceptors (Lipinski definition) is 3. The molecule has 0 saturated carbocycles. The Labute approximate surface area is 87.4 Å². The van der Waals surface area contributed by atoms with Crippen molar-refractivity contribution < 1.29 is 4.39 Å². The van der Waals surface area contributed by atoms with E-state index in [0.717, 1.165) is 10.6 Å². The van der Waals surface area contributed by atoms with Gasteiger partial charge in [-0.1, -0.05) is 0 Å². The van der Waals surface area contributed by atoms with Gasteiger partial charge in [-0.25, -0.2) is 4.39 Å². The second-order valence-electron chi connectivity index (χ2n) is 2.76. The van der Waals surface area contributed by atoms with E-state index in [4.69, 9.17) is 5.73 Å². The van der Waals surface area contributed by atoms with Gasteiger partial charge in [0.25, 0.3) is 0 Å². The summed E-state index contributed by atoms with van der Waals surface area (Å²) in [5.74, 6) is 0.143. The van der Waals surface area contributed by atoms with E-state index in [1.807, 2.05) is 19.1 Å². The van der Waals surface area contributed by atoms with E-state index < -0.39 is 0 Å². The standard InChI is InChI=1S/C10H13FN2S/c1-8-10(3-2-6-13-8)14-7-9(11)4-5-12/h2-4,6H,5,7,12H2,1H3/b9-4-. The molecule has 0 atom stereocenters. The number of pyridine rings is 1. The summed E-state index contributed by atoms with van der Waals surface area (Å²) in [6, 6.07) is 3.78. The van der Waals surface area contributed by atoms with E-state index in [2.05, 4.69) is 4.98 Å². The summed E-state index contributed by atoms with van der Waals surface area (Å²) < 4.78 is 13.0. The number of aryl methyl sites for hydroxylation is 1. The van der Waals surface area contributed by atoms with Crippen LogP contribution in [-0.2, 0) is 0 Å². The van der Waals surface area contributed by atoms with Crippen molar-refractivity contribution >= 4 is 11.8 Å². The van der Waals surface area contributed by atoms with Crippen LogP contribution >= 0.6 is 11.8 Å². The third kappa shape index (κ3) is 3.47. The lowest BCUT2D eigenvalue weighted by molar-refractivity contribution is 0.640. The van der Waals surface area contributed by atoms with E-state index >= 15 is 0 Å². The molecular weight excluding hydrogens is 199 g/mol. The van der Waals surface area contributed by atoms with Gasteiger partial charge >= 0.3 is 0 Å². The third-order valence-corrected chi connectivity index (χ3v) is 2.83. The van der Waals surface area contributed by atoms with Crippen molar-refractivity contribution in [2.24, 2.45) is 5.73 Å². The van der Waals surface area contributed by atoms with Crippen LogP contribution in [0.15, 0.2) is 35.1 Å². The fourth-order valence-electron chi connectivity index (χ4n) is 0.956. The average molecular weight is 212 g/mol. The van der Waals surface area contributed by atoms with E-state index in [1.165, 1.54) is 17.8 Å². The fourth-order valence-corrected chi connectivity index (χ4v) is 1.80. The number of aromatic nitrogens is 1. The number of halogens is 1. The lowest BCUT2D eigenvalue weighted by Gasteiger charge is -2.02. The molecule has 0 aromatic carbocycles. The highest BCUT2D eigenvalue weighted by Crippen LogP contribution is 2.22. The Hall–Kier alpha value is -0.870. The van der Waals surface area contributed by atoms with Gasteiger partial charge in [-0.3, -0.25) is 4.98 Å². The number of hydrogen-bond donors (Lipinski definition) is 1. The van der Waals surface area contributed by atoms with Crippen molar-refractivity contribution in [1.82, 2.24) is 4.98 Å². The zero-order valence-electron chi connectivity index (χ0n) is 8.03. The zero-order valence-corrected chi connectivity index (χ0v) is 8.85. The molecular formula is C10H13FN2S. The quantitative estimate of drug-likeness (QED) is 0.778. The molecule has 1 rings (SSSR count). The van der Waals surface area contributed by atoms with Crippen LogP contribution in [0, 0.1) is 6.92 Å². The maximum absolute atomic E-state index is 13.0. The first-order valence-corrected chi connectivity index (χ1v) is 5.31. The van der Waals surface area contributed by atoms with Crippen LogP contribution in [0.5, 0.6) is 0 Å². The Morgan fingerprint density at radius 1 is 1.71 bits per heavy atom. The van der Waals surface area contributed by atoms with Crippen molar-refractivity contribution in [1.29, 1.82) is 0 Å². The summed E-state index contributed by atoms with van der Waals surface area (Å²) >= 11 is 1.43. The molecule has 0 amide bonds. The predicted octanol–water partition coefficient (Wildman–Crippen LogP) is 2.29. The van der Waals surface area contributed by atoms with Gasteiger partial charge in [-0.2, -0.15) is 0 Å². The number of rotatable bonds is 4. The van der Waals surface area contributed by atoms with Gasteiger partial charge in [0.2, 0.25) is 0 Å². The molecule has 0 bridgehead atoms. The SMILES string of the molecule is Cc1ncccc1SC/C(F)=C/CN. The van der Waals surface area contributed by atoms with E-state index in [1.54, 1.807) is 6.20 Å². The van der Waals surface area contributed by atoms with E-state index in [-0.39, 0.29) is 12.4 Å². The Balaban J connectivity index is 2.54. The van der Waals surface area contributed by atoms with Crippen molar-refractivity contribution in [2.45, 2.75) is 11.8 Å². The molecule has 0 saturated heterocycles. The summed E-state index contributed by atoms with van der Waals surface area (Å²) in [6.07, 6.45) is 3.12. The maximum atomic E-state index is 13.0. The molecule has 1 heterocycles. The molecule has 0 aliphatic carbocycles. The van der Waals surface area contributed by atoms with E-state index in [9.17, 15) is 4.39 Å². The molecule has 76 valence electrons. The van der Waals surface area contributed by atoms with Crippen LogP contribution in [0.2, 0.25) is 0 Å². The van der Waals surface area contributed by atoms with Gasteiger partial charge < -0.3 is 5.73 Å². The van der Waals surface area contributed by atoms with Gasteiger partial charge in [0.05, 0.1) is 5.69 Å². The topological polar surface area (TPSA) is 38.9 Å². The molecule has 0 unspecified atom stereocenters. The molecule has 2 nitrogen and oxygen atoms in total. The normalized spacial score (nSPS) is 11.8. The largest absolute Gasteiger partial charge is 0.327 e. The summed E-state index contributed by atoms with van der Waals surface area (Å²) in [4.78, 5) is 5.12. The lowest BCUT2D eigenvalue weighted by atomic mass is 10.4. The second kappa shape index (κ2) is 5.78. The molecule has 0 aliphatic heterocycles. The molecule has 1 aromatic heterocycles. The first kappa shape index (κ1) is 11.2. The third-order valence-electron chi connectivity index (χ3n) is 1.66. The molecule has 14 heavy (non-hydrogen) atoms. The molecule has 2 N–H and O–H groups in total. The minimum absolute atomic E-state index is 0.180.